The molecule has 4 amide bonds. The van der Waals surface area contributed by atoms with Crippen LogP contribution in [0.1, 0.15) is 39.5 Å². The Morgan fingerprint density at radius 3 is 2.06 bits per heavy atom. The quantitative estimate of drug-likeness (QED) is 0.0685. The molecule has 4 atom stereocenters. The van der Waals surface area contributed by atoms with Gasteiger partial charge in [0.05, 0.1) is 13.0 Å². The second-order valence-electron chi connectivity index (χ2n) is 7.21. The zero-order valence-electron chi connectivity index (χ0n) is 18.3. The molecule has 4 unspecified atom stereocenters. The molecule has 0 aliphatic heterocycles. The summed E-state index contributed by atoms with van der Waals surface area (Å²) in [4.78, 5) is 63.5. The Kier molecular flexibility index (Phi) is 13.0. The minimum Gasteiger partial charge on any atom is -0.480 e. The Morgan fingerprint density at radius 1 is 0.969 bits per heavy atom. The van der Waals surface area contributed by atoms with Gasteiger partial charge in [-0.15, -0.1) is 0 Å². The molecule has 0 fully saturated rings. The predicted molar refractivity (Wildman–Crippen MR) is 116 cm³/mol. The summed E-state index contributed by atoms with van der Waals surface area (Å²) >= 11 is 0. The molecular formula is C18H34N8O6. The first-order valence-electron chi connectivity index (χ1n) is 10.1. The van der Waals surface area contributed by atoms with Crippen LogP contribution in [0.15, 0.2) is 4.99 Å². The standard InChI is InChI=1S/C18H34N8O6/c1-3-9(2)14(16(30)25-11(17(31)32)7-12(20)27)26-15(29)10(24-13(28)8-19)5-4-6-23-18(21)22/h9-11,14H,3-8,19H2,1-2H3,(H2,20,27)(H,24,28)(H,25,30)(H,26,29)(H,31,32)(H4,21,22,23). The molecule has 32 heavy (non-hydrogen) atoms. The topological polar surface area (TPSA) is 258 Å². The van der Waals surface area contributed by atoms with Crippen LogP contribution in [0.2, 0.25) is 0 Å². The highest BCUT2D eigenvalue weighted by atomic mass is 16.4. The van der Waals surface area contributed by atoms with Gasteiger partial charge >= 0.3 is 5.97 Å². The van der Waals surface area contributed by atoms with Gasteiger partial charge in [0.25, 0.3) is 0 Å². The highest BCUT2D eigenvalue weighted by Crippen LogP contribution is 2.10. The zero-order chi connectivity index (χ0) is 24.8. The Balaban J connectivity index is 5.45. The SMILES string of the molecule is CCC(C)C(NC(=O)C(CCCN=C(N)N)NC(=O)CN)C(=O)NC(CC(N)=O)C(=O)O. The van der Waals surface area contributed by atoms with Crippen LogP contribution >= 0.6 is 0 Å². The Labute approximate surface area is 185 Å². The molecule has 12 N–H and O–H groups in total. The summed E-state index contributed by atoms with van der Waals surface area (Å²) in [6.45, 7) is 3.33. The van der Waals surface area contributed by atoms with Crippen LogP contribution in [-0.4, -0.2) is 71.9 Å². The molecule has 0 aliphatic carbocycles. The maximum Gasteiger partial charge on any atom is 0.326 e. The van der Waals surface area contributed by atoms with Gasteiger partial charge in [0.2, 0.25) is 23.6 Å². The number of nitrogens with two attached hydrogens (primary N) is 4. The van der Waals surface area contributed by atoms with E-state index in [4.69, 9.17) is 22.9 Å². The zero-order valence-corrected chi connectivity index (χ0v) is 18.3. The van der Waals surface area contributed by atoms with Crippen LogP contribution in [0.4, 0.5) is 0 Å². The third kappa shape index (κ3) is 11.1. The maximum atomic E-state index is 12.8. The number of aliphatic carboxylic acids is 1. The lowest BCUT2D eigenvalue weighted by molar-refractivity contribution is -0.144. The minimum absolute atomic E-state index is 0.116. The van der Waals surface area contributed by atoms with Gasteiger partial charge in [0, 0.05) is 6.54 Å². The number of amides is 4. The van der Waals surface area contributed by atoms with Crippen molar-refractivity contribution in [2.75, 3.05) is 13.1 Å². The van der Waals surface area contributed by atoms with E-state index in [0.717, 1.165) is 0 Å². The van der Waals surface area contributed by atoms with Crippen molar-refractivity contribution in [3.8, 4) is 0 Å². The van der Waals surface area contributed by atoms with Crippen molar-refractivity contribution >= 4 is 35.6 Å². The number of hydrogen-bond donors (Lipinski definition) is 8. The molecule has 0 saturated heterocycles. The van der Waals surface area contributed by atoms with E-state index in [0.29, 0.717) is 12.8 Å². The number of guanidine groups is 1. The van der Waals surface area contributed by atoms with Crippen LogP contribution in [-0.2, 0) is 24.0 Å². The van der Waals surface area contributed by atoms with Gasteiger partial charge in [0.1, 0.15) is 18.1 Å². The van der Waals surface area contributed by atoms with Crippen LogP contribution < -0.4 is 38.9 Å². The number of aliphatic imine (C=N–C) groups is 1. The fourth-order valence-corrected chi connectivity index (χ4v) is 2.64. The lowest BCUT2D eigenvalue weighted by Gasteiger charge is -2.27. The second-order valence-corrected chi connectivity index (χ2v) is 7.21. The van der Waals surface area contributed by atoms with Gasteiger partial charge in [-0.1, -0.05) is 20.3 Å². The molecule has 0 bridgehead atoms. The molecule has 14 nitrogen and oxygen atoms in total. The summed E-state index contributed by atoms with van der Waals surface area (Å²) in [6, 6.07) is -3.70. The number of carboxylic acid groups (broad SMARTS) is 1. The average molecular weight is 459 g/mol. The van der Waals surface area contributed by atoms with E-state index in [2.05, 4.69) is 20.9 Å². The van der Waals surface area contributed by atoms with Gasteiger partial charge in [-0.2, -0.15) is 0 Å². The third-order valence-corrected chi connectivity index (χ3v) is 4.60. The average Bonchev–Trinajstić information content (AvgIpc) is 2.71. The molecule has 0 aliphatic rings. The molecule has 0 saturated carbocycles. The van der Waals surface area contributed by atoms with Crippen LogP contribution in [0, 0.1) is 5.92 Å². The van der Waals surface area contributed by atoms with Gasteiger partial charge < -0.3 is 44.0 Å². The molecule has 0 spiro atoms. The summed E-state index contributed by atoms with van der Waals surface area (Å²) < 4.78 is 0. The summed E-state index contributed by atoms with van der Waals surface area (Å²) in [6.07, 6.45) is 0.363. The van der Waals surface area contributed by atoms with Gasteiger partial charge in [-0.25, -0.2) is 4.79 Å². The van der Waals surface area contributed by atoms with E-state index in [1.165, 1.54) is 0 Å². The van der Waals surface area contributed by atoms with E-state index in [1.54, 1.807) is 13.8 Å². The summed E-state index contributed by atoms with van der Waals surface area (Å²) in [5.74, 6) is -4.91. The highest BCUT2D eigenvalue weighted by molar-refractivity contribution is 5.94. The molecule has 0 aromatic heterocycles. The lowest BCUT2D eigenvalue weighted by atomic mass is 9.97. The molecule has 0 radical (unpaired) electrons. The first-order chi connectivity index (χ1) is 14.9. The van der Waals surface area contributed by atoms with E-state index in [-0.39, 0.29) is 25.5 Å². The first kappa shape index (κ1) is 28.6. The molecule has 14 heteroatoms. The molecule has 182 valence electrons. The maximum absolute atomic E-state index is 12.8. The number of nitrogens with zero attached hydrogens (tertiary/aromatic N) is 1. The van der Waals surface area contributed by atoms with E-state index >= 15 is 0 Å². The molecule has 0 aromatic carbocycles. The normalized spacial score (nSPS) is 14.2. The van der Waals surface area contributed by atoms with Crippen molar-refractivity contribution in [3.63, 3.8) is 0 Å². The highest BCUT2D eigenvalue weighted by Gasteiger charge is 2.32. The van der Waals surface area contributed by atoms with Crippen LogP contribution in [0.5, 0.6) is 0 Å². The van der Waals surface area contributed by atoms with Gasteiger partial charge in [-0.3, -0.25) is 24.2 Å². The summed E-state index contributed by atoms with van der Waals surface area (Å²) in [7, 11) is 0. The number of hydrogen-bond acceptors (Lipinski definition) is 7. The predicted octanol–water partition coefficient (Wildman–Crippen LogP) is -3.54. The Bertz CT molecular complexity index is 710. The van der Waals surface area contributed by atoms with Gasteiger partial charge in [0.15, 0.2) is 5.96 Å². The fourth-order valence-electron chi connectivity index (χ4n) is 2.64. The smallest absolute Gasteiger partial charge is 0.326 e. The summed E-state index contributed by atoms with van der Waals surface area (Å²) in [5, 5.41) is 16.4. The number of primary amides is 1. The van der Waals surface area contributed by atoms with Crippen molar-refractivity contribution in [2.45, 2.75) is 57.7 Å². The monoisotopic (exact) mass is 458 g/mol. The van der Waals surface area contributed by atoms with Crippen LogP contribution in [0.25, 0.3) is 0 Å². The largest absolute Gasteiger partial charge is 0.480 e. The van der Waals surface area contributed by atoms with Crippen LogP contribution in [0.3, 0.4) is 0 Å². The molecule has 0 rings (SSSR count). The number of rotatable bonds is 15. The van der Waals surface area contributed by atoms with Crippen molar-refractivity contribution in [1.82, 2.24) is 16.0 Å². The number of carbonyl (C=O) groups excluding carboxylic acids is 4. The van der Waals surface area contributed by atoms with Crippen molar-refractivity contribution in [3.05, 3.63) is 0 Å². The van der Waals surface area contributed by atoms with Crippen molar-refractivity contribution in [2.24, 2.45) is 33.8 Å². The number of carbonyl (C=O) groups is 5. The third-order valence-electron chi connectivity index (χ3n) is 4.60. The Hall–Kier alpha value is -3.42. The Morgan fingerprint density at radius 2 is 1.59 bits per heavy atom. The van der Waals surface area contributed by atoms with Crippen molar-refractivity contribution in [1.29, 1.82) is 0 Å². The second kappa shape index (κ2) is 14.6. The summed E-state index contributed by atoms with van der Waals surface area (Å²) in [5.41, 5.74) is 20.8. The first-order valence-corrected chi connectivity index (χ1v) is 10.1. The van der Waals surface area contributed by atoms with E-state index in [1.807, 2.05) is 0 Å². The van der Waals surface area contributed by atoms with E-state index in [9.17, 15) is 29.1 Å². The lowest BCUT2D eigenvalue weighted by Crippen LogP contribution is -2.58. The molecule has 0 aromatic rings. The fraction of sp³-hybridized carbons (Fsp3) is 0.667. The van der Waals surface area contributed by atoms with E-state index < -0.39 is 60.1 Å². The molecular weight excluding hydrogens is 424 g/mol. The number of nitrogens with one attached hydrogen (secondary N) is 3. The minimum atomic E-state index is -1.55. The number of carboxylic acids is 1. The van der Waals surface area contributed by atoms with Crippen molar-refractivity contribution < 1.29 is 29.1 Å². The molecule has 0 heterocycles. The van der Waals surface area contributed by atoms with Gasteiger partial charge in [-0.05, 0) is 18.8 Å².